The first-order chi connectivity index (χ1) is 9.04. The molecule has 0 aliphatic carbocycles. The van der Waals surface area contributed by atoms with E-state index in [1.165, 1.54) is 12.3 Å². The molecule has 1 heterocycles. The van der Waals surface area contributed by atoms with Crippen molar-refractivity contribution < 1.29 is 13.5 Å². The van der Waals surface area contributed by atoms with Gasteiger partial charge < -0.3 is 5.11 Å². The van der Waals surface area contributed by atoms with E-state index < -0.39 is 10.0 Å². The lowest BCUT2D eigenvalue weighted by Crippen LogP contribution is -2.15. The van der Waals surface area contributed by atoms with Crippen LogP contribution in [0.3, 0.4) is 0 Å². The molecule has 5 nitrogen and oxygen atoms in total. The van der Waals surface area contributed by atoms with Crippen LogP contribution < -0.4 is 4.72 Å². The maximum absolute atomic E-state index is 12.3. The summed E-state index contributed by atoms with van der Waals surface area (Å²) in [5, 5.41) is 9.17. The molecule has 2 N–H and O–H groups in total. The number of nitrogens with zero attached hydrogens (tertiary/aromatic N) is 1. The molecule has 0 aliphatic heterocycles. The molecule has 0 bridgehead atoms. The molecule has 2 aromatic rings. The summed E-state index contributed by atoms with van der Waals surface area (Å²) in [6.45, 7) is 1.48. The zero-order chi connectivity index (χ0) is 13.9. The fourth-order valence-electron chi connectivity index (χ4n) is 1.76. The van der Waals surface area contributed by atoms with Gasteiger partial charge in [-0.2, -0.15) is 0 Å². The molecule has 0 spiro atoms. The SMILES string of the molecule is Cc1c(CO)cccc1S(=O)(=O)Nc1cccnc1. The molecule has 0 saturated heterocycles. The Morgan fingerprint density at radius 2 is 2.05 bits per heavy atom. The van der Waals surface area contributed by atoms with E-state index in [0.717, 1.165) is 0 Å². The van der Waals surface area contributed by atoms with E-state index in [1.54, 1.807) is 37.4 Å². The van der Waals surface area contributed by atoms with E-state index in [0.29, 0.717) is 16.8 Å². The van der Waals surface area contributed by atoms with Crippen molar-refractivity contribution >= 4 is 15.7 Å². The van der Waals surface area contributed by atoms with E-state index >= 15 is 0 Å². The Kier molecular flexibility index (Phi) is 3.82. The van der Waals surface area contributed by atoms with E-state index in [9.17, 15) is 13.5 Å². The summed E-state index contributed by atoms with van der Waals surface area (Å²) in [5.41, 5.74) is 1.53. The summed E-state index contributed by atoms with van der Waals surface area (Å²) in [6, 6.07) is 8.08. The smallest absolute Gasteiger partial charge is 0.262 e. The topological polar surface area (TPSA) is 79.3 Å². The third kappa shape index (κ3) is 2.91. The maximum atomic E-state index is 12.3. The number of rotatable bonds is 4. The fraction of sp³-hybridized carbons (Fsp3) is 0.154. The minimum absolute atomic E-state index is 0.155. The van der Waals surface area contributed by atoms with Crippen LogP contribution in [0.25, 0.3) is 0 Å². The van der Waals surface area contributed by atoms with Gasteiger partial charge in [0.25, 0.3) is 10.0 Å². The Morgan fingerprint density at radius 1 is 1.26 bits per heavy atom. The Balaban J connectivity index is 2.40. The number of pyridine rings is 1. The van der Waals surface area contributed by atoms with Crippen LogP contribution in [0.5, 0.6) is 0 Å². The lowest BCUT2D eigenvalue weighted by atomic mass is 10.1. The largest absolute Gasteiger partial charge is 0.392 e. The molecule has 0 unspecified atom stereocenters. The van der Waals surface area contributed by atoms with Crippen LogP contribution in [0, 0.1) is 6.92 Å². The first kappa shape index (κ1) is 13.5. The number of aliphatic hydroxyl groups is 1. The van der Waals surface area contributed by atoms with Gasteiger partial charge in [-0.1, -0.05) is 12.1 Å². The van der Waals surface area contributed by atoms with Crippen LogP contribution in [0.2, 0.25) is 0 Å². The second-order valence-corrected chi connectivity index (χ2v) is 5.70. The molecule has 100 valence electrons. The highest BCUT2D eigenvalue weighted by molar-refractivity contribution is 7.92. The van der Waals surface area contributed by atoms with Crippen LogP contribution in [0.15, 0.2) is 47.6 Å². The average Bonchev–Trinajstić information content (AvgIpc) is 2.39. The van der Waals surface area contributed by atoms with Gasteiger partial charge in [-0.15, -0.1) is 0 Å². The van der Waals surface area contributed by atoms with Crippen molar-refractivity contribution in [2.45, 2.75) is 18.4 Å². The van der Waals surface area contributed by atoms with Gasteiger partial charge in [0, 0.05) is 6.20 Å². The second kappa shape index (κ2) is 5.38. The predicted molar refractivity (Wildman–Crippen MR) is 72.1 cm³/mol. The summed E-state index contributed by atoms with van der Waals surface area (Å²) < 4.78 is 27.0. The van der Waals surface area contributed by atoms with Gasteiger partial charge in [0.1, 0.15) is 0 Å². The highest BCUT2D eigenvalue weighted by Crippen LogP contribution is 2.21. The minimum Gasteiger partial charge on any atom is -0.392 e. The zero-order valence-electron chi connectivity index (χ0n) is 10.4. The lowest BCUT2D eigenvalue weighted by molar-refractivity contribution is 0.280. The molecule has 0 aliphatic rings. The average molecular weight is 278 g/mol. The van der Waals surface area contributed by atoms with Crippen molar-refractivity contribution in [1.82, 2.24) is 4.98 Å². The number of anilines is 1. The Hall–Kier alpha value is -1.92. The first-order valence-electron chi connectivity index (χ1n) is 5.67. The second-order valence-electron chi connectivity index (χ2n) is 4.05. The van der Waals surface area contributed by atoms with Crippen molar-refractivity contribution in [3.8, 4) is 0 Å². The molecule has 0 amide bonds. The Labute approximate surface area is 112 Å². The normalized spacial score (nSPS) is 11.3. The highest BCUT2D eigenvalue weighted by Gasteiger charge is 2.18. The zero-order valence-corrected chi connectivity index (χ0v) is 11.2. The number of sulfonamides is 1. The van der Waals surface area contributed by atoms with Crippen LogP contribution in [0.4, 0.5) is 5.69 Å². The Bertz CT molecular complexity index is 670. The third-order valence-electron chi connectivity index (χ3n) is 2.77. The van der Waals surface area contributed by atoms with E-state index in [-0.39, 0.29) is 11.5 Å². The third-order valence-corrected chi connectivity index (χ3v) is 4.30. The number of aliphatic hydroxyl groups excluding tert-OH is 1. The summed E-state index contributed by atoms with van der Waals surface area (Å²) in [6.07, 6.45) is 3.00. The number of benzene rings is 1. The summed E-state index contributed by atoms with van der Waals surface area (Å²) in [5.74, 6) is 0. The van der Waals surface area contributed by atoms with Crippen LogP contribution in [-0.4, -0.2) is 18.5 Å². The van der Waals surface area contributed by atoms with Crippen LogP contribution in [0.1, 0.15) is 11.1 Å². The van der Waals surface area contributed by atoms with Gasteiger partial charge in [0.05, 0.1) is 23.4 Å². The molecule has 0 atom stereocenters. The fourth-order valence-corrected chi connectivity index (χ4v) is 3.09. The van der Waals surface area contributed by atoms with Gasteiger partial charge in [-0.05, 0) is 36.2 Å². The molecule has 2 rings (SSSR count). The first-order valence-corrected chi connectivity index (χ1v) is 7.15. The molecule has 0 fully saturated rings. The lowest BCUT2D eigenvalue weighted by Gasteiger charge is -2.12. The van der Waals surface area contributed by atoms with Gasteiger partial charge in [-0.25, -0.2) is 8.42 Å². The summed E-state index contributed by atoms with van der Waals surface area (Å²) >= 11 is 0. The van der Waals surface area contributed by atoms with Gasteiger partial charge in [-0.3, -0.25) is 9.71 Å². The van der Waals surface area contributed by atoms with Gasteiger partial charge >= 0.3 is 0 Å². The van der Waals surface area contributed by atoms with E-state index in [2.05, 4.69) is 9.71 Å². The number of aromatic nitrogens is 1. The molecule has 6 heteroatoms. The molecule has 0 saturated carbocycles. The molecular weight excluding hydrogens is 264 g/mol. The van der Waals surface area contributed by atoms with Crippen molar-refractivity contribution in [3.05, 3.63) is 53.9 Å². The maximum Gasteiger partial charge on any atom is 0.262 e. The standard InChI is InChI=1S/C13H14N2O3S/c1-10-11(9-16)4-2-6-13(10)19(17,18)15-12-5-3-7-14-8-12/h2-8,15-16H,9H2,1H3. The predicted octanol–water partition coefficient (Wildman–Crippen LogP) is 1.68. The molecule has 0 radical (unpaired) electrons. The number of hydrogen-bond acceptors (Lipinski definition) is 4. The molecule has 1 aromatic heterocycles. The number of hydrogen-bond donors (Lipinski definition) is 2. The van der Waals surface area contributed by atoms with E-state index in [4.69, 9.17) is 0 Å². The highest BCUT2D eigenvalue weighted by atomic mass is 32.2. The van der Waals surface area contributed by atoms with Crippen molar-refractivity contribution in [1.29, 1.82) is 0 Å². The van der Waals surface area contributed by atoms with Crippen LogP contribution >= 0.6 is 0 Å². The molecule has 19 heavy (non-hydrogen) atoms. The minimum atomic E-state index is -3.68. The quantitative estimate of drug-likeness (QED) is 0.892. The van der Waals surface area contributed by atoms with Gasteiger partial charge in [0.15, 0.2) is 0 Å². The van der Waals surface area contributed by atoms with Gasteiger partial charge in [0.2, 0.25) is 0 Å². The molecular formula is C13H14N2O3S. The van der Waals surface area contributed by atoms with Crippen LogP contribution in [-0.2, 0) is 16.6 Å². The van der Waals surface area contributed by atoms with Crippen molar-refractivity contribution in [2.75, 3.05) is 4.72 Å². The van der Waals surface area contributed by atoms with Crippen molar-refractivity contribution in [3.63, 3.8) is 0 Å². The Morgan fingerprint density at radius 3 is 2.68 bits per heavy atom. The summed E-state index contributed by atoms with van der Waals surface area (Å²) in [4.78, 5) is 4.01. The monoisotopic (exact) mass is 278 g/mol. The van der Waals surface area contributed by atoms with Crippen molar-refractivity contribution in [2.24, 2.45) is 0 Å². The summed E-state index contributed by atoms with van der Waals surface area (Å²) in [7, 11) is -3.68. The van der Waals surface area contributed by atoms with E-state index in [1.807, 2.05) is 0 Å². The molecule has 1 aromatic carbocycles. The number of nitrogens with one attached hydrogen (secondary N) is 1.